The van der Waals surface area contributed by atoms with E-state index in [2.05, 4.69) is 15.6 Å². The summed E-state index contributed by atoms with van der Waals surface area (Å²) in [5, 5.41) is 14.4. The van der Waals surface area contributed by atoms with Crippen LogP contribution < -0.4 is 10.6 Å². The average Bonchev–Trinajstić information content (AvgIpc) is 2.40. The molecule has 0 saturated heterocycles. The second kappa shape index (κ2) is 5.90. The SMILES string of the molecule is CCc1cccnc1CNC(=O)NC1(C(=O)O)CCC1. The van der Waals surface area contributed by atoms with Gasteiger partial charge in [-0.05, 0) is 37.3 Å². The molecule has 6 heteroatoms. The van der Waals surface area contributed by atoms with Gasteiger partial charge in [0, 0.05) is 6.20 Å². The summed E-state index contributed by atoms with van der Waals surface area (Å²) in [6, 6.07) is 3.36. The highest BCUT2D eigenvalue weighted by molar-refractivity contribution is 5.87. The molecular formula is C14H19N3O3. The van der Waals surface area contributed by atoms with E-state index in [1.165, 1.54) is 0 Å². The summed E-state index contributed by atoms with van der Waals surface area (Å²) in [4.78, 5) is 27.2. The van der Waals surface area contributed by atoms with Gasteiger partial charge in [-0.15, -0.1) is 0 Å². The van der Waals surface area contributed by atoms with E-state index in [0.29, 0.717) is 19.4 Å². The Morgan fingerprint density at radius 3 is 2.75 bits per heavy atom. The number of pyridine rings is 1. The topological polar surface area (TPSA) is 91.3 Å². The van der Waals surface area contributed by atoms with Crippen molar-refractivity contribution in [2.75, 3.05) is 0 Å². The zero-order chi connectivity index (χ0) is 14.6. The van der Waals surface area contributed by atoms with Crippen LogP contribution in [0.25, 0.3) is 0 Å². The average molecular weight is 277 g/mol. The summed E-state index contributed by atoms with van der Waals surface area (Å²) in [6.07, 6.45) is 4.32. The van der Waals surface area contributed by atoms with Crippen LogP contribution in [0.2, 0.25) is 0 Å². The zero-order valence-corrected chi connectivity index (χ0v) is 11.5. The van der Waals surface area contributed by atoms with Gasteiger partial charge >= 0.3 is 12.0 Å². The molecule has 108 valence electrons. The molecule has 0 spiro atoms. The quantitative estimate of drug-likeness (QED) is 0.759. The van der Waals surface area contributed by atoms with Gasteiger partial charge in [-0.1, -0.05) is 13.0 Å². The lowest BCUT2D eigenvalue weighted by molar-refractivity contribution is -0.148. The van der Waals surface area contributed by atoms with Crippen LogP contribution >= 0.6 is 0 Å². The Bertz CT molecular complexity index is 512. The molecule has 6 nitrogen and oxygen atoms in total. The second-order valence-electron chi connectivity index (χ2n) is 5.01. The van der Waals surface area contributed by atoms with Crippen LogP contribution in [0.15, 0.2) is 18.3 Å². The number of carbonyl (C=O) groups is 2. The van der Waals surface area contributed by atoms with Crippen molar-refractivity contribution in [3.8, 4) is 0 Å². The molecule has 1 aliphatic rings. The normalized spacial score (nSPS) is 16.1. The highest BCUT2D eigenvalue weighted by Crippen LogP contribution is 2.31. The summed E-state index contributed by atoms with van der Waals surface area (Å²) in [7, 11) is 0. The molecule has 2 rings (SSSR count). The fraction of sp³-hybridized carbons (Fsp3) is 0.500. The van der Waals surface area contributed by atoms with E-state index in [1.807, 2.05) is 19.1 Å². The minimum atomic E-state index is -1.08. The number of nitrogens with one attached hydrogen (secondary N) is 2. The standard InChI is InChI=1S/C14H19N3O3/c1-2-10-5-3-8-15-11(10)9-16-13(20)17-14(12(18)19)6-4-7-14/h3,5,8H,2,4,6-7,9H2,1H3,(H,18,19)(H2,16,17,20). The number of amides is 2. The number of carbonyl (C=O) groups excluding carboxylic acids is 1. The van der Waals surface area contributed by atoms with E-state index in [4.69, 9.17) is 5.11 Å². The Labute approximate surface area is 117 Å². The predicted molar refractivity (Wildman–Crippen MR) is 73.2 cm³/mol. The van der Waals surface area contributed by atoms with Crippen LogP contribution in [0.1, 0.15) is 37.4 Å². The van der Waals surface area contributed by atoms with Crippen LogP contribution in [-0.4, -0.2) is 27.6 Å². The van der Waals surface area contributed by atoms with Crippen molar-refractivity contribution >= 4 is 12.0 Å². The fourth-order valence-electron chi connectivity index (χ4n) is 2.30. The highest BCUT2D eigenvalue weighted by Gasteiger charge is 2.45. The lowest BCUT2D eigenvalue weighted by Crippen LogP contribution is -2.61. The molecule has 1 fully saturated rings. The first-order valence-electron chi connectivity index (χ1n) is 6.79. The molecular weight excluding hydrogens is 258 g/mol. The van der Waals surface area contributed by atoms with Gasteiger partial charge in [-0.25, -0.2) is 9.59 Å². The van der Waals surface area contributed by atoms with Crippen molar-refractivity contribution in [2.45, 2.75) is 44.7 Å². The van der Waals surface area contributed by atoms with Crippen LogP contribution in [0.4, 0.5) is 4.79 Å². The third-order valence-corrected chi connectivity index (χ3v) is 3.75. The largest absolute Gasteiger partial charge is 0.480 e. The van der Waals surface area contributed by atoms with Crippen molar-refractivity contribution in [1.82, 2.24) is 15.6 Å². The summed E-state index contributed by atoms with van der Waals surface area (Å²) >= 11 is 0. The maximum absolute atomic E-state index is 11.8. The van der Waals surface area contributed by atoms with Crippen molar-refractivity contribution < 1.29 is 14.7 Å². The molecule has 0 bridgehead atoms. The minimum Gasteiger partial charge on any atom is -0.480 e. The summed E-state index contributed by atoms with van der Waals surface area (Å²) in [6.45, 7) is 2.32. The van der Waals surface area contributed by atoms with Gasteiger partial charge in [0.2, 0.25) is 0 Å². The molecule has 1 aromatic heterocycles. The first-order valence-corrected chi connectivity index (χ1v) is 6.79. The van der Waals surface area contributed by atoms with E-state index < -0.39 is 17.5 Å². The molecule has 20 heavy (non-hydrogen) atoms. The molecule has 1 aliphatic carbocycles. The van der Waals surface area contributed by atoms with Crippen LogP contribution in [0, 0.1) is 0 Å². The summed E-state index contributed by atoms with van der Waals surface area (Å²) in [5.74, 6) is -0.967. The van der Waals surface area contributed by atoms with E-state index >= 15 is 0 Å². The van der Waals surface area contributed by atoms with Crippen LogP contribution in [-0.2, 0) is 17.8 Å². The first-order chi connectivity index (χ1) is 9.57. The third-order valence-electron chi connectivity index (χ3n) is 3.75. The van der Waals surface area contributed by atoms with Gasteiger partial charge < -0.3 is 15.7 Å². The van der Waals surface area contributed by atoms with E-state index in [1.54, 1.807) is 6.20 Å². The van der Waals surface area contributed by atoms with Gasteiger partial charge in [-0.2, -0.15) is 0 Å². The van der Waals surface area contributed by atoms with Gasteiger partial charge in [0.15, 0.2) is 0 Å². The lowest BCUT2D eigenvalue weighted by Gasteiger charge is -2.38. The molecule has 0 atom stereocenters. The number of urea groups is 1. The Morgan fingerprint density at radius 2 is 2.20 bits per heavy atom. The van der Waals surface area contributed by atoms with Gasteiger partial charge in [-0.3, -0.25) is 4.98 Å². The Kier molecular flexibility index (Phi) is 4.22. The molecule has 2 amide bonds. The maximum atomic E-state index is 11.8. The number of nitrogens with zero attached hydrogens (tertiary/aromatic N) is 1. The third kappa shape index (κ3) is 2.89. The zero-order valence-electron chi connectivity index (χ0n) is 11.5. The van der Waals surface area contributed by atoms with E-state index in [-0.39, 0.29) is 0 Å². The summed E-state index contributed by atoms with van der Waals surface area (Å²) in [5.41, 5.74) is 0.800. The number of aromatic nitrogens is 1. The number of hydrogen-bond acceptors (Lipinski definition) is 3. The molecule has 0 unspecified atom stereocenters. The molecule has 1 aromatic rings. The van der Waals surface area contributed by atoms with Gasteiger partial charge in [0.25, 0.3) is 0 Å². The smallest absolute Gasteiger partial charge is 0.329 e. The Balaban J connectivity index is 1.91. The van der Waals surface area contributed by atoms with E-state index in [9.17, 15) is 9.59 Å². The van der Waals surface area contributed by atoms with Crippen LogP contribution in [0.5, 0.6) is 0 Å². The first kappa shape index (κ1) is 14.3. The lowest BCUT2D eigenvalue weighted by atomic mass is 9.77. The minimum absolute atomic E-state index is 0.297. The number of hydrogen-bond donors (Lipinski definition) is 3. The molecule has 1 heterocycles. The molecule has 1 saturated carbocycles. The van der Waals surface area contributed by atoms with Gasteiger partial charge in [0.1, 0.15) is 5.54 Å². The maximum Gasteiger partial charge on any atom is 0.329 e. The van der Waals surface area contributed by atoms with Crippen LogP contribution in [0.3, 0.4) is 0 Å². The highest BCUT2D eigenvalue weighted by atomic mass is 16.4. The summed E-state index contributed by atoms with van der Waals surface area (Å²) < 4.78 is 0. The van der Waals surface area contributed by atoms with Crippen molar-refractivity contribution in [3.05, 3.63) is 29.6 Å². The predicted octanol–water partition coefficient (Wildman–Crippen LogP) is 1.45. The van der Waals surface area contributed by atoms with Crippen molar-refractivity contribution in [3.63, 3.8) is 0 Å². The number of rotatable bonds is 5. The Hall–Kier alpha value is -2.11. The number of aryl methyl sites for hydroxylation is 1. The van der Waals surface area contributed by atoms with E-state index in [0.717, 1.165) is 24.1 Å². The number of aliphatic carboxylic acids is 1. The molecule has 0 aromatic carbocycles. The molecule has 3 N–H and O–H groups in total. The number of carboxylic acid groups (broad SMARTS) is 1. The molecule has 0 aliphatic heterocycles. The Morgan fingerprint density at radius 1 is 1.45 bits per heavy atom. The molecule has 0 radical (unpaired) electrons. The van der Waals surface area contributed by atoms with Crippen molar-refractivity contribution in [2.24, 2.45) is 0 Å². The second-order valence-corrected chi connectivity index (χ2v) is 5.01. The van der Waals surface area contributed by atoms with Gasteiger partial charge in [0.05, 0.1) is 12.2 Å². The van der Waals surface area contributed by atoms with Crippen molar-refractivity contribution in [1.29, 1.82) is 0 Å². The number of carboxylic acids is 1. The fourth-order valence-corrected chi connectivity index (χ4v) is 2.30. The monoisotopic (exact) mass is 277 g/mol.